The normalized spacial score (nSPS) is 12.2. The molecule has 0 aromatic heterocycles. The van der Waals surface area contributed by atoms with Crippen molar-refractivity contribution in [3.05, 3.63) is 58.6 Å². The minimum Gasteiger partial charge on any atom is -0.279 e. The fourth-order valence-electron chi connectivity index (χ4n) is 1.77. The van der Waals surface area contributed by atoms with E-state index in [4.69, 9.17) is 11.6 Å². The van der Waals surface area contributed by atoms with Gasteiger partial charge in [-0.05, 0) is 36.8 Å². The number of aryl methyl sites for hydroxylation is 1. The number of halogens is 4. The van der Waals surface area contributed by atoms with Crippen LogP contribution in [0.5, 0.6) is 0 Å². The van der Waals surface area contributed by atoms with Crippen molar-refractivity contribution < 1.29 is 21.6 Å². The standard InChI is InChI=1S/C14H11ClF3NO2S/c1-9-4-2-3-5-12(9)19-22(20,21)13-8-10(14(16,17)18)6-7-11(13)15/h2-8,19H,1H3. The highest BCUT2D eigenvalue weighted by Gasteiger charge is 2.32. The van der Waals surface area contributed by atoms with E-state index in [9.17, 15) is 21.6 Å². The first-order valence-electron chi connectivity index (χ1n) is 6.06. The summed E-state index contributed by atoms with van der Waals surface area (Å²) in [6, 6.07) is 8.66. The third-order valence-electron chi connectivity index (χ3n) is 2.94. The minimum atomic E-state index is -4.66. The summed E-state index contributed by atoms with van der Waals surface area (Å²) in [5, 5.41) is -0.283. The van der Waals surface area contributed by atoms with Crippen LogP contribution in [0.1, 0.15) is 11.1 Å². The Kier molecular flexibility index (Phi) is 4.39. The SMILES string of the molecule is Cc1ccccc1NS(=O)(=O)c1cc(C(F)(F)F)ccc1Cl. The van der Waals surface area contributed by atoms with Crippen LogP contribution in [0.15, 0.2) is 47.4 Å². The molecule has 22 heavy (non-hydrogen) atoms. The van der Waals surface area contributed by atoms with Crippen LogP contribution in [0.2, 0.25) is 5.02 Å². The molecule has 0 heterocycles. The highest BCUT2D eigenvalue weighted by atomic mass is 35.5. The predicted molar refractivity (Wildman–Crippen MR) is 78.4 cm³/mol. The zero-order valence-corrected chi connectivity index (χ0v) is 12.9. The first-order valence-corrected chi connectivity index (χ1v) is 7.92. The summed E-state index contributed by atoms with van der Waals surface area (Å²) in [5.74, 6) is 0. The zero-order valence-electron chi connectivity index (χ0n) is 11.3. The molecule has 0 bridgehead atoms. The average molecular weight is 350 g/mol. The molecule has 0 aliphatic heterocycles. The van der Waals surface area contributed by atoms with E-state index in [0.29, 0.717) is 11.6 Å². The molecule has 0 amide bonds. The lowest BCUT2D eigenvalue weighted by molar-refractivity contribution is -0.137. The second-order valence-electron chi connectivity index (χ2n) is 4.56. The van der Waals surface area contributed by atoms with Crippen molar-refractivity contribution >= 4 is 27.3 Å². The Morgan fingerprint density at radius 1 is 1.09 bits per heavy atom. The summed E-state index contributed by atoms with van der Waals surface area (Å²) < 4.78 is 65.0. The van der Waals surface area contributed by atoms with Gasteiger partial charge in [0.2, 0.25) is 0 Å². The molecule has 3 nitrogen and oxygen atoms in total. The number of benzene rings is 2. The predicted octanol–water partition coefficient (Wildman–Crippen LogP) is 4.47. The van der Waals surface area contributed by atoms with Gasteiger partial charge in [0.05, 0.1) is 16.3 Å². The van der Waals surface area contributed by atoms with Crippen LogP contribution in [-0.2, 0) is 16.2 Å². The van der Waals surface area contributed by atoms with E-state index in [1.165, 1.54) is 6.07 Å². The van der Waals surface area contributed by atoms with Crippen LogP contribution in [0.25, 0.3) is 0 Å². The molecule has 0 fully saturated rings. The van der Waals surface area contributed by atoms with Crippen LogP contribution in [-0.4, -0.2) is 8.42 Å². The summed E-state index contributed by atoms with van der Waals surface area (Å²) in [6.45, 7) is 1.67. The van der Waals surface area contributed by atoms with Gasteiger partial charge in [0.1, 0.15) is 4.90 Å². The van der Waals surface area contributed by atoms with Gasteiger partial charge in [0, 0.05) is 0 Å². The Bertz CT molecular complexity index is 804. The number of hydrogen-bond donors (Lipinski definition) is 1. The van der Waals surface area contributed by atoms with Crippen molar-refractivity contribution in [3.8, 4) is 0 Å². The van der Waals surface area contributed by atoms with Crippen LogP contribution in [0.4, 0.5) is 18.9 Å². The van der Waals surface area contributed by atoms with Crippen molar-refractivity contribution in [3.63, 3.8) is 0 Å². The topological polar surface area (TPSA) is 46.2 Å². The quantitative estimate of drug-likeness (QED) is 0.888. The van der Waals surface area contributed by atoms with Crippen molar-refractivity contribution in [2.24, 2.45) is 0 Å². The number of nitrogens with one attached hydrogen (secondary N) is 1. The molecule has 8 heteroatoms. The molecule has 2 aromatic carbocycles. The summed E-state index contributed by atoms with van der Waals surface area (Å²) in [7, 11) is -4.23. The first kappa shape index (κ1) is 16.6. The fourth-order valence-corrected chi connectivity index (χ4v) is 3.43. The number of hydrogen-bond acceptors (Lipinski definition) is 2. The summed E-state index contributed by atoms with van der Waals surface area (Å²) in [6.07, 6.45) is -4.66. The van der Waals surface area contributed by atoms with Crippen LogP contribution < -0.4 is 4.72 Å². The smallest absolute Gasteiger partial charge is 0.279 e. The van der Waals surface area contributed by atoms with Gasteiger partial charge in [0.25, 0.3) is 10.0 Å². The minimum absolute atomic E-state index is 0.274. The third-order valence-corrected chi connectivity index (χ3v) is 4.78. The third kappa shape index (κ3) is 3.53. The molecule has 2 aromatic rings. The average Bonchev–Trinajstić information content (AvgIpc) is 2.40. The molecule has 2 rings (SSSR count). The van der Waals surface area contributed by atoms with Crippen molar-refractivity contribution in [1.82, 2.24) is 0 Å². The van der Waals surface area contributed by atoms with Gasteiger partial charge in [-0.1, -0.05) is 29.8 Å². The Hall–Kier alpha value is -1.73. The lowest BCUT2D eigenvalue weighted by Gasteiger charge is -2.13. The second-order valence-corrected chi connectivity index (χ2v) is 6.62. The van der Waals surface area contributed by atoms with E-state index in [1.807, 2.05) is 0 Å². The van der Waals surface area contributed by atoms with Gasteiger partial charge in [-0.15, -0.1) is 0 Å². The first-order chi connectivity index (χ1) is 10.1. The monoisotopic (exact) mass is 349 g/mol. The molecule has 0 radical (unpaired) electrons. The van der Waals surface area contributed by atoms with Gasteiger partial charge in [-0.2, -0.15) is 13.2 Å². The van der Waals surface area contributed by atoms with Gasteiger partial charge >= 0.3 is 6.18 Å². The van der Waals surface area contributed by atoms with Gasteiger partial charge in [-0.3, -0.25) is 4.72 Å². The molecule has 0 aliphatic rings. The van der Waals surface area contributed by atoms with Crippen molar-refractivity contribution in [2.75, 3.05) is 4.72 Å². The second kappa shape index (κ2) is 5.81. The van der Waals surface area contributed by atoms with E-state index >= 15 is 0 Å². The Labute approximate surface area is 130 Å². The van der Waals surface area contributed by atoms with Gasteiger partial charge in [-0.25, -0.2) is 8.42 Å². The Morgan fingerprint density at radius 2 is 1.73 bits per heavy atom. The van der Waals surface area contributed by atoms with E-state index in [0.717, 1.165) is 12.1 Å². The molecule has 0 unspecified atom stereocenters. The van der Waals surface area contributed by atoms with E-state index < -0.39 is 26.7 Å². The molecule has 0 atom stereocenters. The van der Waals surface area contributed by atoms with Crippen LogP contribution in [0.3, 0.4) is 0 Å². The fraction of sp³-hybridized carbons (Fsp3) is 0.143. The molecule has 0 saturated heterocycles. The highest BCUT2D eigenvalue weighted by Crippen LogP contribution is 2.34. The van der Waals surface area contributed by atoms with E-state index in [2.05, 4.69) is 4.72 Å². The number of rotatable bonds is 3. The van der Waals surface area contributed by atoms with Crippen LogP contribution >= 0.6 is 11.6 Å². The maximum absolute atomic E-state index is 12.7. The maximum atomic E-state index is 12.7. The lowest BCUT2D eigenvalue weighted by atomic mass is 10.2. The van der Waals surface area contributed by atoms with Crippen molar-refractivity contribution in [1.29, 1.82) is 0 Å². The van der Waals surface area contributed by atoms with Gasteiger partial charge < -0.3 is 0 Å². The van der Waals surface area contributed by atoms with E-state index in [-0.39, 0.29) is 10.7 Å². The molecule has 0 spiro atoms. The molecule has 0 aliphatic carbocycles. The largest absolute Gasteiger partial charge is 0.416 e. The lowest BCUT2D eigenvalue weighted by Crippen LogP contribution is -2.16. The molecular weight excluding hydrogens is 339 g/mol. The number of alkyl halides is 3. The number of para-hydroxylation sites is 1. The summed E-state index contributed by atoms with van der Waals surface area (Å²) in [4.78, 5) is -0.618. The maximum Gasteiger partial charge on any atom is 0.416 e. The Balaban J connectivity index is 2.48. The van der Waals surface area contributed by atoms with Crippen molar-refractivity contribution in [2.45, 2.75) is 18.0 Å². The van der Waals surface area contributed by atoms with Crippen LogP contribution in [0, 0.1) is 6.92 Å². The summed E-state index contributed by atoms with van der Waals surface area (Å²) >= 11 is 5.75. The van der Waals surface area contributed by atoms with E-state index in [1.54, 1.807) is 25.1 Å². The molecule has 1 N–H and O–H groups in total. The highest BCUT2D eigenvalue weighted by molar-refractivity contribution is 7.92. The molecule has 118 valence electrons. The molecule has 0 saturated carbocycles. The summed E-state index contributed by atoms with van der Waals surface area (Å²) in [5.41, 5.74) is -0.174. The zero-order chi connectivity index (χ0) is 16.5. The Morgan fingerprint density at radius 3 is 2.32 bits per heavy atom. The van der Waals surface area contributed by atoms with Gasteiger partial charge in [0.15, 0.2) is 0 Å². The number of sulfonamides is 1. The number of anilines is 1. The molecular formula is C14H11ClF3NO2S.